The average molecular weight is 1080 g/mol. The first-order valence-electron chi connectivity index (χ1n) is 30.6. The molecule has 0 radical (unpaired) electrons. The zero-order chi connectivity index (χ0) is 56.1. The SMILES string of the molecule is CC/C=C\C/C=C\C/C=C\C/C=C\CCCCCCC(=O)OC1C(OCC(COC(=O)CCCCCCC/C=C\C/C=C\C/C=C\CC)OC(=O)CCCCCCCCCCCCCCCCC)OC(C(=O)O)C(O)C1O. The van der Waals surface area contributed by atoms with E-state index in [1.807, 2.05) is 0 Å². The molecule has 1 fully saturated rings. The van der Waals surface area contributed by atoms with Crippen molar-refractivity contribution in [2.45, 2.75) is 289 Å². The molecule has 1 rings (SSSR count). The van der Waals surface area contributed by atoms with Crippen LogP contribution in [0.25, 0.3) is 0 Å². The molecule has 6 unspecified atom stereocenters. The summed E-state index contributed by atoms with van der Waals surface area (Å²) in [5.41, 5.74) is 0. The minimum atomic E-state index is -1.92. The molecular weight excluding hydrogens is 973 g/mol. The zero-order valence-electron chi connectivity index (χ0n) is 48.4. The van der Waals surface area contributed by atoms with Crippen molar-refractivity contribution in [1.29, 1.82) is 0 Å². The fraction of sp³-hybridized carbons (Fsp3) is 0.723. The number of hydrogen-bond acceptors (Lipinski definition) is 11. The van der Waals surface area contributed by atoms with Crippen molar-refractivity contribution in [2.24, 2.45) is 0 Å². The minimum Gasteiger partial charge on any atom is -0.479 e. The van der Waals surface area contributed by atoms with Gasteiger partial charge < -0.3 is 39.0 Å². The van der Waals surface area contributed by atoms with Crippen molar-refractivity contribution in [2.75, 3.05) is 13.2 Å². The van der Waals surface area contributed by atoms with Gasteiger partial charge in [-0.25, -0.2) is 4.79 Å². The highest BCUT2D eigenvalue weighted by atomic mass is 16.7. The topological polar surface area (TPSA) is 175 Å². The van der Waals surface area contributed by atoms with E-state index in [0.29, 0.717) is 19.3 Å². The van der Waals surface area contributed by atoms with Gasteiger partial charge in [0.05, 0.1) is 6.61 Å². The standard InChI is InChI=1S/C65H108O12/c1-4-7-10-13-16-19-22-25-28-29-32-35-38-41-44-47-50-53-59(68)76-63-61(70)60(69)62(64(71)72)77-65(63)74-55-56(75-58(67)52-49-46-43-40-37-34-31-27-24-21-18-15-12-9-6-3)54-73-57(66)51-48-45-42-39-36-33-30-26-23-20-17-14-11-8-5-2/h7-8,10-11,16-17,19-20,25-26,28,30,32,35,56,60-63,65,69-70H,4-6,9,12-15,18,21-24,27,29,31,33-34,36-55H2,1-3H3,(H,71,72)/b10-7-,11-8-,19-16-,20-17-,28-25-,30-26-,35-32-. The molecule has 1 heterocycles. The van der Waals surface area contributed by atoms with Crippen LogP contribution in [0.1, 0.15) is 252 Å². The Morgan fingerprint density at radius 2 is 0.818 bits per heavy atom. The summed E-state index contributed by atoms with van der Waals surface area (Å²) >= 11 is 0. The Morgan fingerprint density at radius 3 is 1.25 bits per heavy atom. The largest absolute Gasteiger partial charge is 0.479 e. The molecular formula is C65H108O12. The van der Waals surface area contributed by atoms with Crippen LogP contribution in [0, 0.1) is 0 Å². The normalized spacial score (nSPS) is 18.6. The number of hydrogen-bond donors (Lipinski definition) is 3. The van der Waals surface area contributed by atoms with Crippen molar-refractivity contribution in [3.63, 3.8) is 0 Å². The number of esters is 3. The lowest BCUT2D eigenvalue weighted by molar-refractivity contribution is -0.301. The Balaban J connectivity index is 2.71. The van der Waals surface area contributed by atoms with E-state index in [2.05, 4.69) is 106 Å². The van der Waals surface area contributed by atoms with Crippen LogP contribution in [0.15, 0.2) is 85.1 Å². The third kappa shape index (κ3) is 42.5. The van der Waals surface area contributed by atoms with E-state index < -0.39 is 67.3 Å². The molecule has 0 aromatic rings. The summed E-state index contributed by atoms with van der Waals surface area (Å²) in [6.07, 6.45) is 55.4. The van der Waals surface area contributed by atoms with E-state index in [1.54, 1.807) is 0 Å². The summed E-state index contributed by atoms with van der Waals surface area (Å²) in [6, 6.07) is 0. The van der Waals surface area contributed by atoms with Gasteiger partial charge in [-0.1, -0.05) is 228 Å². The van der Waals surface area contributed by atoms with Crippen LogP contribution < -0.4 is 0 Å². The summed E-state index contributed by atoms with van der Waals surface area (Å²) in [6.45, 7) is 5.76. The molecule has 0 aromatic carbocycles. The van der Waals surface area contributed by atoms with Gasteiger partial charge in [0.1, 0.15) is 18.8 Å². The molecule has 3 N–H and O–H groups in total. The van der Waals surface area contributed by atoms with Crippen molar-refractivity contribution in [1.82, 2.24) is 0 Å². The number of aliphatic hydroxyl groups is 2. The van der Waals surface area contributed by atoms with Crippen LogP contribution >= 0.6 is 0 Å². The van der Waals surface area contributed by atoms with Gasteiger partial charge in [0.2, 0.25) is 0 Å². The molecule has 1 saturated heterocycles. The number of carboxylic acid groups (broad SMARTS) is 1. The lowest BCUT2D eigenvalue weighted by Gasteiger charge is -2.40. The van der Waals surface area contributed by atoms with Crippen LogP contribution in [0.5, 0.6) is 0 Å². The molecule has 0 bridgehead atoms. The second-order valence-electron chi connectivity index (χ2n) is 20.6. The number of aliphatic carboxylic acids is 1. The van der Waals surface area contributed by atoms with Crippen LogP contribution in [0.4, 0.5) is 0 Å². The molecule has 0 aromatic heterocycles. The molecule has 440 valence electrons. The quantitative estimate of drug-likeness (QED) is 0.0228. The van der Waals surface area contributed by atoms with Crippen LogP contribution in [0.3, 0.4) is 0 Å². The van der Waals surface area contributed by atoms with Gasteiger partial charge in [0, 0.05) is 19.3 Å². The predicted molar refractivity (Wildman–Crippen MR) is 312 cm³/mol. The molecule has 0 saturated carbocycles. The van der Waals surface area contributed by atoms with E-state index in [4.69, 9.17) is 23.7 Å². The van der Waals surface area contributed by atoms with Crippen molar-refractivity contribution < 1.29 is 58.2 Å². The number of carboxylic acids is 1. The highest BCUT2D eigenvalue weighted by Gasteiger charge is 2.50. The smallest absolute Gasteiger partial charge is 0.335 e. The van der Waals surface area contributed by atoms with E-state index in [-0.39, 0.29) is 25.9 Å². The fourth-order valence-corrected chi connectivity index (χ4v) is 8.84. The third-order valence-corrected chi connectivity index (χ3v) is 13.5. The second-order valence-corrected chi connectivity index (χ2v) is 20.6. The van der Waals surface area contributed by atoms with Gasteiger partial charge in [0.25, 0.3) is 0 Å². The number of unbranched alkanes of at least 4 members (excludes halogenated alkanes) is 23. The van der Waals surface area contributed by atoms with E-state index in [0.717, 1.165) is 122 Å². The molecule has 77 heavy (non-hydrogen) atoms. The molecule has 1 aliphatic rings. The first-order chi connectivity index (χ1) is 37.6. The van der Waals surface area contributed by atoms with Gasteiger partial charge in [-0.05, 0) is 89.9 Å². The maximum absolute atomic E-state index is 13.2. The maximum atomic E-state index is 13.2. The summed E-state index contributed by atoms with van der Waals surface area (Å²) in [5.74, 6) is -3.17. The minimum absolute atomic E-state index is 0.0288. The Labute approximate surface area is 467 Å². The first kappa shape index (κ1) is 70.9. The van der Waals surface area contributed by atoms with Gasteiger partial charge in [-0.3, -0.25) is 14.4 Å². The van der Waals surface area contributed by atoms with Crippen molar-refractivity contribution >= 4 is 23.9 Å². The second kappa shape index (κ2) is 52.6. The molecule has 0 spiro atoms. The summed E-state index contributed by atoms with van der Waals surface area (Å²) in [7, 11) is 0. The highest BCUT2D eigenvalue weighted by Crippen LogP contribution is 2.26. The summed E-state index contributed by atoms with van der Waals surface area (Å²) < 4.78 is 28.4. The lowest BCUT2D eigenvalue weighted by atomic mass is 9.98. The summed E-state index contributed by atoms with van der Waals surface area (Å²) in [4.78, 5) is 51.2. The number of rotatable bonds is 51. The van der Waals surface area contributed by atoms with Crippen molar-refractivity contribution in [3.05, 3.63) is 85.1 Å². The van der Waals surface area contributed by atoms with Crippen LogP contribution in [-0.4, -0.2) is 89.2 Å². The Bertz CT molecular complexity index is 1660. The molecule has 0 aliphatic carbocycles. The highest BCUT2D eigenvalue weighted by molar-refractivity contribution is 5.74. The van der Waals surface area contributed by atoms with Gasteiger partial charge in [-0.2, -0.15) is 0 Å². The maximum Gasteiger partial charge on any atom is 0.335 e. The van der Waals surface area contributed by atoms with Crippen molar-refractivity contribution in [3.8, 4) is 0 Å². The van der Waals surface area contributed by atoms with Crippen LogP contribution in [0.2, 0.25) is 0 Å². The molecule has 6 atom stereocenters. The van der Waals surface area contributed by atoms with E-state index in [1.165, 1.54) is 70.6 Å². The average Bonchev–Trinajstić information content (AvgIpc) is 3.43. The van der Waals surface area contributed by atoms with Crippen LogP contribution in [-0.2, 0) is 42.9 Å². The predicted octanol–water partition coefficient (Wildman–Crippen LogP) is 15.9. The Hall–Kier alpha value is -4.10. The number of ether oxygens (including phenoxy) is 5. The molecule has 12 heteroatoms. The molecule has 0 amide bonds. The van der Waals surface area contributed by atoms with Gasteiger partial charge >= 0.3 is 23.9 Å². The summed E-state index contributed by atoms with van der Waals surface area (Å²) in [5, 5.41) is 31.5. The number of aliphatic hydroxyl groups excluding tert-OH is 2. The lowest BCUT2D eigenvalue weighted by Crippen LogP contribution is -2.61. The Kier molecular flexibility index (Phi) is 48.4. The zero-order valence-corrected chi connectivity index (χ0v) is 48.4. The van der Waals surface area contributed by atoms with Gasteiger partial charge in [0.15, 0.2) is 24.6 Å². The monoisotopic (exact) mass is 1080 g/mol. The first-order valence-corrected chi connectivity index (χ1v) is 30.6. The molecule has 1 aliphatic heterocycles. The molecule has 12 nitrogen and oxygen atoms in total. The third-order valence-electron chi connectivity index (χ3n) is 13.5. The van der Waals surface area contributed by atoms with E-state index >= 15 is 0 Å². The number of allylic oxidation sites excluding steroid dienone is 14. The van der Waals surface area contributed by atoms with Gasteiger partial charge in [-0.15, -0.1) is 0 Å². The number of carbonyl (C=O) groups excluding carboxylic acids is 3. The van der Waals surface area contributed by atoms with E-state index in [9.17, 15) is 34.5 Å². The number of carbonyl (C=O) groups is 4. The fourth-order valence-electron chi connectivity index (χ4n) is 8.84. The Morgan fingerprint density at radius 1 is 0.442 bits per heavy atom.